The van der Waals surface area contributed by atoms with Gasteiger partial charge < -0.3 is 9.42 Å². The van der Waals surface area contributed by atoms with E-state index >= 15 is 0 Å². The number of halogens is 1. The van der Waals surface area contributed by atoms with Crippen LogP contribution >= 0.6 is 22.9 Å². The van der Waals surface area contributed by atoms with Gasteiger partial charge in [0.1, 0.15) is 5.01 Å². The number of nitrogens with zero attached hydrogens (tertiary/aromatic N) is 6. The molecular formula is C18H21ClN6OS. The molecule has 0 spiro atoms. The van der Waals surface area contributed by atoms with Gasteiger partial charge in [-0.1, -0.05) is 40.2 Å². The summed E-state index contributed by atoms with van der Waals surface area (Å²) < 4.78 is 5.06. The van der Waals surface area contributed by atoms with Gasteiger partial charge in [-0.05, 0) is 24.1 Å². The zero-order valence-corrected chi connectivity index (χ0v) is 16.7. The molecule has 27 heavy (non-hydrogen) atoms. The first-order valence-electron chi connectivity index (χ1n) is 8.99. The first-order chi connectivity index (χ1) is 13.2. The minimum Gasteiger partial charge on any atom is -0.345 e. The van der Waals surface area contributed by atoms with E-state index in [0.29, 0.717) is 5.89 Å². The van der Waals surface area contributed by atoms with Gasteiger partial charge >= 0.3 is 0 Å². The maximum Gasteiger partial charge on any atom is 0.223 e. The van der Waals surface area contributed by atoms with Crippen molar-refractivity contribution in [1.29, 1.82) is 0 Å². The number of hydrogen-bond acceptors (Lipinski definition) is 8. The fourth-order valence-electron chi connectivity index (χ4n) is 3.15. The summed E-state index contributed by atoms with van der Waals surface area (Å²) >= 11 is 7.62. The van der Waals surface area contributed by atoms with E-state index in [1.807, 2.05) is 31.2 Å². The van der Waals surface area contributed by atoms with Gasteiger partial charge in [0.15, 0.2) is 5.82 Å². The predicted molar refractivity (Wildman–Crippen MR) is 105 cm³/mol. The van der Waals surface area contributed by atoms with Crippen LogP contribution in [0.25, 0.3) is 0 Å². The topological polar surface area (TPSA) is 71.2 Å². The summed E-state index contributed by atoms with van der Waals surface area (Å²) in [5.74, 6) is 1.37. The van der Waals surface area contributed by atoms with Gasteiger partial charge in [-0.25, -0.2) is 0 Å². The lowest BCUT2D eigenvalue weighted by atomic mass is 10.2. The van der Waals surface area contributed by atoms with E-state index in [0.717, 1.165) is 66.6 Å². The lowest BCUT2D eigenvalue weighted by molar-refractivity contribution is 0.272. The molecule has 1 aliphatic heterocycles. The molecule has 2 aromatic heterocycles. The molecule has 1 aliphatic rings. The first kappa shape index (κ1) is 18.3. The maximum atomic E-state index is 5.95. The Bertz CT molecular complexity index is 880. The molecule has 0 atom stereocenters. The molecule has 9 heteroatoms. The van der Waals surface area contributed by atoms with Crippen LogP contribution in [0.4, 0.5) is 5.13 Å². The first-order valence-corrected chi connectivity index (χ1v) is 10.2. The van der Waals surface area contributed by atoms with E-state index < -0.39 is 0 Å². The van der Waals surface area contributed by atoms with Crippen molar-refractivity contribution in [3.8, 4) is 0 Å². The van der Waals surface area contributed by atoms with Crippen LogP contribution in [0.3, 0.4) is 0 Å². The predicted octanol–water partition coefficient (Wildman–Crippen LogP) is 3.19. The summed E-state index contributed by atoms with van der Waals surface area (Å²) in [4.78, 5) is 8.98. The number of aromatic nitrogens is 4. The molecule has 0 aliphatic carbocycles. The summed E-state index contributed by atoms with van der Waals surface area (Å²) in [5, 5.41) is 15.6. The Hall–Kier alpha value is -2.03. The van der Waals surface area contributed by atoms with Gasteiger partial charge in [-0.3, -0.25) is 4.90 Å². The molecule has 1 saturated heterocycles. The van der Waals surface area contributed by atoms with Crippen LogP contribution < -0.4 is 4.90 Å². The summed E-state index contributed by atoms with van der Waals surface area (Å²) in [7, 11) is 0. The Kier molecular flexibility index (Phi) is 5.66. The fraction of sp³-hybridized carbons (Fsp3) is 0.444. The number of aryl methyl sites for hydroxylation is 1. The van der Waals surface area contributed by atoms with Crippen LogP contribution in [0.15, 0.2) is 28.8 Å². The quantitative estimate of drug-likeness (QED) is 0.646. The van der Waals surface area contributed by atoms with Gasteiger partial charge in [0, 0.05) is 44.5 Å². The standard InChI is InChI=1S/C18H21ClN6OS/c1-13-20-16(23-26-13)12-24-7-2-8-25(10-9-24)18-22-21-17(27-18)11-14-3-5-15(19)6-4-14/h3-6H,2,7-12H2,1H3. The van der Waals surface area contributed by atoms with Crippen molar-refractivity contribution in [2.24, 2.45) is 0 Å². The molecule has 0 unspecified atom stereocenters. The second-order valence-corrected chi connectivity index (χ2v) is 8.10. The SMILES string of the molecule is Cc1nc(CN2CCCN(c3nnc(Cc4ccc(Cl)cc4)s3)CC2)no1. The Morgan fingerprint density at radius 2 is 1.96 bits per heavy atom. The molecular weight excluding hydrogens is 384 g/mol. The molecule has 7 nitrogen and oxygen atoms in total. The van der Waals surface area contributed by atoms with Crippen LogP contribution in [0.5, 0.6) is 0 Å². The molecule has 0 amide bonds. The highest BCUT2D eigenvalue weighted by atomic mass is 35.5. The highest BCUT2D eigenvalue weighted by Crippen LogP contribution is 2.24. The molecule has 0 saturated carbocycles. The second-order valence-electron chi connectivity index (χ2n) is 6.63. The molecule has 142 valence electrons. The van der Waals surface area contributed by atoms with Crippen LogP contribution in [-0.4, -0.2) is 51.4 Å². The van der Waals surface area contributed by atoms with Gasteiger partial charge in [-0.2, -0.15) is 4.98 Å². The number of benzene rings is 1. The summed E-state index contributed by atoms with van der Waals surface area (Å²) in [6.07, 6.45) is 1.86. The smallest absolute Gasteiger partial charge is 0.223 e. The van der Waals surface area contributed by atoms with Crippen molar-refractivity contribution in [1.82, 2.24) is 25.2 Å². The van der Waals surface area contributed by atoms with Crippen LogP contribution in [0.2, 0.25) is 5.02 Å². The summed E-state index contributed by atoms with van der Waals surface area (Å²) in [6.45, 7) is 6.41. The molecule has 1 fully saturated rings. The molecule has 3 heterocycles. The number of hydrogen-bond donors (Lipinski definition) is 0. The third kappa shape index (κ3) is 4.82. The lowest BCUT2D eigenvalue weighted by Gasteiger charge is -2.19. The third-order valence-electron chi connectivity index (χ3n) is 4.52. The summed E-state index contributed by atoms with van der Waals surface area (Å²) in [6, 6.07) is 7.89. The Morgan fingerprint density at radius 1 is 1.11 bits per heavy atom. The molecule has 0 radical (unpaired) electrons. The van der Waals surface area contributed by atoms with E-state index in [1.54, 1.807) is 11.3 Å². The van der Waals surface area contributed by atoms with E-state index in [9.17, 15) is 0 Å². The number of anilines is 1. The Balaban J connectivity index is 1.35. The Labute approximate surface area is 167 Å². The van der Waals surface area contributed by atoms with Crippen molar-refractivity contribution < 1.29 is 4.52 Å². The molecule has 0 N–H and O–H groups in total. The van der Waals surface area contributed by atoms with Gasteiger partial charge in [0.05, 0.1) is 6.54 Å². The largest absolute Gasteiger partial charge is 0.345 e. The van der Waals surface area contributed by atoms with Gasteiger partial charge in [0.2, 0.25) is 11.0 Å². The minimum absolute atomic E-state index is 0.614. The van der Waals surface area contributed by atoms with Crippen molar-refractivity contribution in [2.75, 3.05) is 31.1 Å². The molecule has 4 rings (SSSR count). The van der Waals surface area contributed by atoms with Gasteiger partial charge in [0.25, 0.3) is 0 Å². The molecule has 1 aromatic carbocycles. The Morgan fingerprint density at radius 3 is 2.74 bits per heavy atom. The van der Waals surface area contributed by atoms with E-state index in [2.05, 4.69) is 30.1 Å². The fourth-order valence-corrected chi connectivity index (χ4v) is 4.20. The monoisotopic (exact) mass is 404 g/mol. The highest BCUT2D eigenvalue weighted by molar-refractivity contribution is 7.15. The second kappa shape index (κ2) is 8.33. The van der Waals surface area contributed by atoms with Crippen LogP contribution in [0, 0.1) is 6.92 Å². The molecule has 0 bridgehead atoms. The van der Waals surface area contributed by atoms with Crippen molar-refractivity contribution in [3.63, 3.8) is 0 Å². The highest BCUT2D eigenvalue weighted by Gasteiger charge is 2.19. The van der Waals surface area contributed by atoms with Crippen LogP contribution in [0.1, 0.15) is 28.7 Å². The van der Waals surface area contributed by atoms with Crippen molar-refractivity contribution >= 4 is 28.1 Å². The molecule has 3 aromatic rings. The van der Waals surface area contributed by atoms with Gasteiger partial charge in [-0.15, -0.1) is 10.2 Å². The average Bonchev–Trinajstić information content (AvgIpc) is 3.21. The maximum absolute atomic E-state index is 5.95. The zero-order chi connectivity index (χ0) is 18.6. The zero-order valence-electron chi connectivity index (χ0n) is 15.1. The van der Waals surface area contributed by atoms with Crippen LogP contribution in [-0.2, 0) is 13.0 Å². The summed E-state index contributed by atoms with van der Waals surface area (Å²) in [5.41, 5.74) is 1.19. The third-order valence-corrected chi connectivity index (χ3v) is 5.75. The van der Waals surface area contributed by atoms with Crippen molar-refractivity contribution in [2.45, 2.75) is 26.3 Å². The van der Waals surface area contributed by atoms with E-state index in [1.165, 1.54) is 5.56 Å². The van der Waals surface area contributed by atoms with Crippen molar-refractivity contribution in [3.05, 3.63) is 51.6 Å². The minimum atomic E-state index is 0.614. The average molecular weight is 405 g/mol. The van der Waals surface area contributed by atoms with E-state index in [4.69, 9.17) is 16.1 Å². The lowest BCUT2D eigenvalue weighted by Crippen LogP contribution is -2.30. The number of rotatable bonds is 5. The van der Waals surface area contributed by atoms with E-state index in [-0.39, 0.29) is 0 Å². The normalized spacial score (nSPS) is 15.9.